The zero-order chi connectivity index (χ0) is 14.6. The Morgan fingerprint density at radius 3 is 2.75 bits per heavy atom. The highest BCUT2D eigenvalue weighted by molar-refractivity contribution is 7.11. The van der Waals surface area contributed by atoms with E-state index in [0.717, 1.165) is 23.7 Å². The molecule has 0 aliphatic heterocycles. The Kier molecular flexibility index (Phi) is 4.53. The number of hydrogen-bond acceptors (Lipinski definition) is 5. The van der Waals surface area contributed by atoms with E-state index in [1.165, 1.54) is 4.88 Å². The Morgan fingerprint density at radius 2 is 2.10 bits per heavy atom. The summed E-state index contributed by atoms with van der Waals surface area (Å²) in [4.78, 5) is 12.6. The maximum atomic E-state index is 12.5. The van der Waals surface area contributed by atoms with E-state index in [0.29, 0.717) is 13.0 Å². The molecule has 2 rings (SSSR count). The van der Waals surface area contributed by atoms with Crippen LogP contribution in [-0.4, -0.2) is 21.5 Å². The predicted molar refractivity (Wildman–Crippen MR) is 70.7 cm³/mol. The molecule has 0 fully saturated rings. The minimum absolute atomic E-state index is 0.0212. The predicted octanol–water partition coefficient (Wildman–Crippen LogP) is 3.17. The summed E-state index contributed by atoms with van der Waals surface area (Å²) >= 11 is 1.60. The monoisotopic (exact) mass is 302 g/mol. The van der Waals surface area contributed by atoms with Crippen molar-refractivity contribution < 1.29 is 13.2 Å². The molecule has 8 heteroatoms. The van der Waals surface area contributed by atoms with Crippen molar-refractivity contribution in [2.24, 2.45) is 0 Å². The number of aromatic nitrogens is 3. The number of halogens is 3. The lowest BCUT2D eigenvalue weighted by molar-refractivity contribution is -0.141. The van der Waals surface area contributed by atoms with Crippen LogP contribution in [0.25, 0.3) is 0 Å². The number of nitrogens with one attached hydrogen (secondary N) is 1. The second kappa shape index (κ2) is 6.17. The van der Waals surface area contributed by atoms with Gasteiger partial charge in [0, 0.05) is 30.2 Å². The Hall–Kier alpha value is -1.70. The summed E-state index contributed by atoms with van der Waals surface area (Å²) in [5.74, 6) is -0.0212. The zero-order valence-corrected chi connectivity index (χ0v) is 11.6. The molecule has 2 heterocycles. The summed E-state index contributed by atoms with van der Waals surface area (Å²) in [6.45, 7) is 2.49. The molecule has 0 radical (unpaired) electrons. The molecule has 0 aliphatic carbocycles. The Balaban J connectivity index is 1.91. The van der Waals surface area contributed by atoms with Crippen molar-refractivity contribution in [2.75, 3.05) is 11.9 Å². The van der Waals surface area contributed by atoms with Crippen molar-refractivity contribution >= 4 is 17.3 Å². The van der Waals surface area contributed by atoms with Gasteiger partial charge in [0.1, 0.15) is 5.69 Å². The smallest absolute Gasteiger partial charge is 0.354 e. The van der Waals surface area contributed by atoms with Crippen molar-refractivity contribution in [3.05, 3.63) is 34.0 Å². The first-order chi connectivity index (χ1) is 9.49. The van der Waals surface area contributed by atoms with Crippen LogP contribution in [0.2, 0.25) is 0 Å². The van der Waals surface area contributed by atoms with Crippen LogP contribution >= 0.6 is 11.3 Å². The van der Waals surface area contributed by atoms with Crippen LogP contribution < -0.4 is 5.32 Å². The van der Waals surface area contributed by atoms with Gasteiger partial charge in [-0.3, -0.25) is 0 Å². The second-order valence-electron chi connectivity index (χ2n) is 4.01. The van der Waals surface area contributed by atoms with E-state index >= 15 is 0 Å². The van der Waals surface area contributed by atoms with Gasteiger partial charge in [-0.05, 0) is 12.5 Å². The third kappa shape index (κ3) is 3.89. The summed E-state index contributed by atoms with van der Waals surface area (Å²) in [6.07, 6.45) is 0.0221. The van der Waals surface area contributed by atoms with Crippen LogP contribution in [-0.2, 0) is 19.0 Å². The highest BCUT2D eigenvalue weighted by atomic mass is 32.1. The number of rotatable bonds is 5. The summed E-state index contributed by atoms with van der Waals surface area (Å²) < 4.78 is 37.4. The molecule has 0 spiro atoms. The van der Waals surface area contributed by atoms with Crippen LogP contribution in [0.1, 0.15) is 22.5 Å². The Morgan fingerprint density at radius 1 is 1.30 bits per heavy atom. The molecule has 0 unspecified atom stereocenters. The van der Waals surface area contributed by atoms with Crippen LogP contribution in [0.4, 0.5) is 19.1 Å². The summed E-state index contributed by atoms with van der Waals surface area (Å²) in [7, 11) is 0. The van der Waals surface area contributed by atoms with Crippen LogP contribution in [0.3, 0.4) is 0 Å². The zero-order valence-electron chi connectivity index (χ0n) is 10.7. The third-order valence-electron chi connectivity index (χ3n) is 2.52. The summed E-state index contributed by atoms with van der Waals surface area (Å²) in [6, 6.07) is 0.847. The van der Waals surface area contributed by atoms with E-state index in [-0.39, 0.29) is 5.95 Å². The number of alkyl halides is 3. The lowest BCUT2D eigenvalue weighted by atomic mass is 10.4. The molecule has 0 aromatic carbocycles. The van der Waals surface area contributed by atoms with Gasteiger partial charge in [0.15, 0.2) is 0 Å². The molecule has 1 N–H and O–H groups in total. The molecular weight excluding hydrogens is 289 g/mol. The van der Waals surface area contributed by atoms with Gasteiger partial charge in [0.25, 0.3) is 0 Å². The van der Waals surface area contributed by atoms with Crippen molar-refractivity contribution in [1.29, 1.82) is 0 Å². The fraction of sp³-hybridized carbons (Fsp3) is 0.417. The lowest BCUT2D eigenvalue weighted by Crippen LogP contribution is -2.13. The van der Waals surface area contributed by atoms with Crippen molar-refractivity contribution in [3.63, 3.8) is 0 Å². The minimum Gasteiger partial charge on any atom is -0.354 e. The van der Waals surface area contributed by atoms with Gasteiger partial charge in [-0.2, -0.15) is 13.2 Å². The molecule has 0 aliphatic rings. The van der Waals surface area contributed by atoms with E-state index in [1.807, 2.05) is 13.1 Å². The molecule has 20 heavy (non-hydrogen) atoms. The first-order valence-electron chi connectivity index (χ1n) is 6.06. The van der Waals surface area contributed by atoms with E-state index < -0.39 is 11.9 Å². The molecule has 108 valence electrons. The van der Waals surface area contributed by atoms with Gasteiger partial charge >= 0.3 is 6.18 Å². The Bertz CT molecular complexity index is 568. The van der Waals surface area contributed by atoms with Crippen LogP contribution in [0, 0.1) is 0 Å². The minimum atomic E-state index is -4.45. The maximum absolute atomic E-state index is 12.5. The number of hydrogen-bond donors (Lipinski definition) is 1. The first-order valence-corrected chi connectivity index (χ1v) is 6.88. The summed E-state index contributed by atoms with van der Waals surface area (Å²) in [5, 5.41) is 3.72. The number of anilines is 1. The maximum Gasteiger partial charge on any atom is 0.433 e. The molecule has 0 atom stereocenters. The number of nitrogens with zero attached hydrogens (tertiary/aromatic N) is 3. The third-order valence-corrected chi connectivity index (χ3v) is 3.72. The Labute approximate surface area is 118 Å². The van der Waals surface area contributed by atoms with Crippen LogP contribution in [0.5, 0.6) is 0 Å². The van der Waals surface area contributed by atoms with E-state index in [2.05, 4.69) is 20.3 Å². The quantitative estimate of drug-likeness (QED) is 0.921. The highest BCUT2D eigenvalue weighted by Gasteiger charge is 2.32. The SMILES string of the molecule is CCc1cnc(CCNc2nccc(C(F)(F)F)n2)s1. The normalized spacial score (nSPS) is 11.6. The molecule has 0 saturated heterocycles. The van der Waals surface area contributed by atoms with E-state index in [9.17, 15) is 13.2 Å². The highest BCUT2D eigenvalue weighted by Crippen LogP contribution is 2.27. The van der Waals surface area contributed by atoms with Gasteiger partial charge in [0.2, 0.25) is 5.95 Å². The fourth-order valence-corrected chi connectivity index (χ4v) is 2.37. The molecular formula is C12H13F3N4S. The van der Waals surface area contributed by atoms with Gasteiger partial charge in [-0.1, -0.05) is 6.92 Å². The average molecular weight is 302 g/mol. The van der Waals surface area contributed by atoms with Gasteiger partial charge in [-0.25, -0.2) is 15.0 Å². The van der Waals surface area contributed by atoms with Crippen molar-refractivity contribution in [1.82, 2.24) is 15.0 Å². The molecule has 2 aromatic heterocycles. The lowest BCUT2D eigenvalue weighted by Gasteiger charge is -2.07. The summed E-state index contributed by atoms with van der Waals surface area (Å²) in [5.41, 5.74) is -0.947. The molecule has 0 bridgehead atoms. The first kappa shape index (κ1) is 14.7. The van der Waals surface area contributed by atoms with Crippen molar-refractivity contribution in [2.45, 2.75) is 25.9 Å². The second-order valence-corrected chi connectivity index (χ2v) is 5.21. The van der Waals surface area contributed by atoms with Gasteiger partial charge in [-0.15, -0.1) is 11.3 Å². The topological polar surface area (TPSA) is 50.7 Å². The van der Waals surface area contributed by atoms with Crippen molar-refractivity contribution in [3.8, 4) is 0 Å². The van der Waals surface area contributed by atoms with E-state index in [1.54, 1.807) is 11.3 Å². The van der Waals surface area contributed by atoms with E-state index in [4.69, 9.17) is 0 Å². The molecule has 0 saturated carbocycles. The number of aryl methyl sites for hydroxylation is 1. The average Bonchev–Trinajstić information content (AvgIpc) is 2.86. The molecule has 4 nitrogen and oxygen atoms in total. The van der Waals surface area contributed by atoms with Gasteiger partial charge < -0.3 is 5.32 Å². The fourth-order valence-electron chi connectivity index (χ4n) is 1.51. The molecule has 0 amide bonds. The molecule has 2 aromatic rings. The largest absolute Gasteiger partial charge is 0.433 e. The van der Waals surface area contributed by atoms with Crippen LogP contribution in [0.15, 0.2) is 18.5 Å². The van der Waals surface area contributed by atoms with Gasteiger partial charge in [0.05, 0.1) is 5.01 Å². The standard InChI is InChI=1S/C12H13F3N4S/c1-2-8-7-18-10(20-8)4-6-17-11-16-5-3-9(19-11)12(13,14)15/h3,5,7H,2,4,6H2,1H3,(H,16,17,19). The number of thiazole rings is 1.